The van der Waals surface area contributed by atoms with Gasteiger partial charge in [-0.3, -0.25) is 9.69 Å². The molecule has 1 amide bonds. The number of carboxylic acids is 1. The number of rotatable bonds is 10. The summed E-state index contributed by atoms with van der Waals surface area (Å²) in [5.41, 5.74) is -2.98. The number of methoxy groups -OCH3 is 1. The molecule has 3 heterocycles. The molecule has 5 aliphatic carbocycles. The average Bonchev–Trinajstić information content (AvgIpc) is 3.41. The largest absolute Gasteiger partial charge is 0.490 e. The molecule has 15 heteroatoms. The van der Waals surface area contributed by atoms with Gasteiger partial charge in [-0.2, -0.15) is 13.2 Å². The Morgan fingerprint density at radius 1 is 1.06 bits per heavy atom. The maximum absolute atomic E-state index is 14.7. The molecule has 1 saturated heterocycles. The van der Waals surface area contributed by atoms with Gasteiger partial charge in [0.1, 0.15) is 17.4 Å². The molecule has 6 fully saturated rings. The molecule has 0 radical (unpaired) electrons. The van der Waals surface area contributed by atoms with Gasteiger partial charge in [0.05, 0.1) is 36.8 Å². The Labute approximate surface area is 290 Å². The van der Waals surface area contributed by atoms with Crippen LogP contribution in [0.1, 0.15) is 74.0 Å². The zero-order valence-corrected chi connectivity index (χ0v) is 28.3. The number of nitrogens with one attached hydrogen (secondary N) is 1. The standard InChI is InChI=1S/C36H40F5N5O5/c1-18(15-50-2)46-14-28(26-4-3-24(12-29(26)46)51-25-10-23(11-25)45-16-34(37,38)17-45)31-42-13-27(30(43-31)36(39,40)41)32(47)44-35(33(48)49)21-6-19-5-20(8-21)9-22(35)7-19/h3-4,12-14,18-23,25H,5-11,15-17H2,1-2H3,(H,44,47)(H,48,49)/t18-,19?,20?,21?,22?,23-,25+,35?/m0/s1. The number of carbonyl (C=O) groups excluding carboxylic acids is 1. The summed E-state index contributed by atoms with van der Waals surface area (Å²) in [5.74, 6) is -4.67. The van der Waals surface area contributed by atoms with Crippen LogP contribution in [-0.4, -0.2) is 86.8 Å². The summed E-state index contributed by atoms with van der Waals surface area (Å²) in [6.07, 6.45) is 2.05. The first-order chi connectivity index (χ1) is 24.1. The van der Waals surface area contributed by atoms with Gasteiger partial charge in [-0.05, 0) is 74.8 Å². The zero-order chi connectivity index (χ0) is 36.0. The number of amides is 1. The van der Waals surface area contributed by atoms with Crippen LogP contribution in [0.5, 0.6) is 5.75 Å². The minimum atomic E-state index is -5.04. The highest BCUT2D eigenvalue weighted by atomic mass is 19.4. The number of nitrogens with zero attached hydrogens (tertiary/aromatic N) is 4. The van der Waals surface area contributed by atoms with Crippen LogP contribution in [0.25, 0.3) is 22.3 Å². The van der Waals surface area contributed by atoms with Crippen molar-refractivity contribution in [3.05, 3.63) is 41.9 Å². The lowest BCUT2D eigenvalue weighted by Crippen LogP contribution is -2.70. The summed E-state index contributed by atoms with van der Waals surface area (Å²) in [4.78, 5) is 36.4. The Balaban J connectivity index is 1.09. The maximum atomic E-state index is 14.7. The van der Waals surface area contributed by atoms with Gasteiger partial charge in [-0.15, -0.1) is 0 Å². The van der Waals surface area contributed by atoms with E-state index in [1.165, 1.54) is 0 Å². The number of likely N-dealkylation sites (tertiary alicyclic amines) is 1. The molecule has 2 aromatic heterocycles. The van der Waals surface area contributed by atoms with Gasteiger partial charge in [-0.25, -0.2) is 23.5 Å². The van der Waals surface area contributed by atoms with E-state index in [0.29, 0.717) is 79.2 Å². The van der Waals surface area contributed by atoms with Crippen LogP contribution < -0.4 is 10.1 Å². The van der Waals surface area contributed by atoms with E-state index in [9.17, 15) is 36.6 Å². The third kappa shape index (κ3) is 5.84. The lowest BCUT2D eigenvalue weighted by molar-refractivity contribution is -0.165. The van der Waals surface area contributed by atoms with Gasteiger partial charge in [0.2, 0.25) is 0 Å². The molecule has 9 rings (SSSR count). The average molecular weight is 718 g/mol. The molecule has 1 aromatic carbocycles. The highest BCUT2D eigenvalue weighted by molar-refractivity contribution is 6.00. The van der Waals surface area contributed by atoms with E-state index >= 15 is 0 Å². The highest BCUT2D eigenvalue weighted by Gasteiger charge is 2.62. The van der Waals surface area contributed by atoms with E-state index in [4.69, 9.17) is 9.47 Å². The number of hydrogen-bond acceptors (Lipinski definition) is 7. The molecule has 274 valence electrons. The second-order valence-electron chi connectivity index (χ2n) is 15.4. The number of hydrogen-bond donors (Lipinski definition) is 2. The highest BCUT2D eigenvalue weighted by Crippen LogP contribution is 2.58. The smallest absolute Gasteiger partial charge is 0.434 e. The molecule has 10 nitrogen and oxygen atoms in total. The van der Waals surface area contributed by atoms with Crippen LogP contribution >= 0.6 is 0 Å². The number of halogens is 5. The number of ether oxygens (including phenoxy) is 2. The third-order valence-electron chi connectivity index (χ3n) is 12.1. The number of aliphatic carboxylic acids is 1. The molecule has 0 spiro atoms. The fourth-order valence-corrected chi connectivity index (χ4v) is 9.78. The predicted molar refractivity (Wildman–Crippen MR) is 173 cm³/mol. The van der Waals surface area contributed by atoms with E-state index < -0.39 is 40.8 Å². The van der Waals surface area contributed by atoms with Crippen molar-refractivity contribution in [3.8, 4) is 17.1 Å². The van der Waals surface area contributed by atoms with Gasteiger partial charge in [0.15, 0.2) is 11.5 Å². The summed E-state index contributed by atoms with van der Waals surface area (Å²) in [6, 6.07) is 4.98. The molecule has 3 aromatic rings. The van der Waals surface area contributed by atoms with Crippen molar-refractivity contribution in [2.75, 3.05) is 26.8 Å². The van der Waals surface area contributed by atoms with E-state index in [1.807, 2.05) is 11.5 Å². The minimum Gasteiger partial charge on any atom is -0.490 e. The maximum Gasteiger partial charge on any atom is 0.434 e. The molecule has 4 bridgehead atoms. The second-order valence-corrected chi connectivity index (χ2v) is 15.4. The van der Waals surface area contributed by atoms with Gasteiger partial charge < -0.3 is 24.5 Å². The molecule has 51 heavy (non-hydrogen) atoms. The summed E-state index contributed by atoms with van der Waals surface area (Å²) >= 11 is 0. The first-order valence-electron chi connectivity index (χ1n) is 17.6. The summed E-state index contributed by atoms with van der Waals surface area (Å²) in [7, 11) is 1.54. The fraction of sp³-hybridized carbons (Fsp3) is 0.611. The summed E-state index contributed by atoms with van der Waals surface area (Å²) in [6.45, 7) is 1.70. The summed E-state index contributed by atoms with van der Waals surface area (Å²) in [5, 5.41) is 13.6. The van der Waals surface area contributed by atoms with Crippen molar-refractivity contribution < 1.29 is 46.1 Å². The van der Waals surface area contributed by atoms with Crippen LogP contribution in [0.2, 0.25) is 0 Å². The Hall–Kier alpha value is -3.85. The molecular formula is C36H40F5N5O5. The zero-order valence-electron chi connectivity index (χ0n) is 28.3. The first kappa shape index (κ1) is 34.2. The third-order valence-corrected chi connectivity index (χ3v) is 12.1. The van der Waals surface area contributed by atoms with Crippen molar-refractivity contribution in [2.24, 2.45) is 23.7 Å². The Bertz CT molecular complexity index is 1840. The molecule has 0 unspecified atom stereocenters. The number of carboxylic acid groups (broad SMARTS) is 1. The molecule has 2 N–H and O–H groups in total. The Morgan fingerprint density at radius 2 is 1.73 bits per heavy atom. The number of alkyl halides is 5. The van der Waals surface area contributed by atoms with Crippen molar-refractivity contribution in [1.82, 2.24) is 24.8 Å². The SMILES string of the molecule is COC[C@H](C)n1cc(-c2ncc(C(=O)NC3(C(=O)O)C4CC5CC(C4)CC3C5)c(C(F)(F)F)n2)c2ccc(O[C@H]3C[C@@H](N4CC(F)(F)C4)C3)cc21. The van der Waals surface area contributed by atoms with Crippen molar-refractivity contribution in [1.29, 1.82) is 0 Å². The number of aromatic nitrogens is 3. The van der Waals surface area contributed by atoms with Crippen LogP contribution in [0.3, 0.4) is 0 Å². The van der Waals surface area contributed by atoms with Gasteiger partial charge in [-0.1, -0.05) is 0 Å². The summed E-state index contributed by atoms with van der Waals surface area (Å²) < 4.78 is 84.0. The van der Waals surface area contributed by atoms with E-state index in [-0.39, 0.29) is 48.9 Å². The second kappa shape index (κ2) is 12.1. The fourth-order valence-electron chi connectivity index (χ4n) is 9.78. The number of carbonyl (C=O) groups is 2. The molecular weight excluding hydrogens is 677 g/mol. The van der Waals surface area contributed by atoms with Crippen molar-refractivity contribution >= 4 is 22.8 Å². The lowest BCUT2D eigenvalue weighted by atomic mass is 9.48. The van der Waals surface area contributed by atoms with Crippen LogP contribution in [0, 0.1) is 23.7 Å². The number of fused-ring (bicyclic) bond motifs is 1. The molecule has 1 atom stereocenters. The lowest BCUT2D eigenvalue weighted by Gasteiger charge is -2.59. The van der Waals surface area contributed by atoms with Gasteiger partial charge in [0, 0.05) is 55.4 Å². The Kier molecular flexibility index (Phi) is 8.13. The topological polar surface area (TPSA) is 119 Å². The Morgan fingerprint density at radius 3 is 2.31 bits per heavy atom. The molecule has 1 aliphatic heterocycles. The quantitative estimate of drug-likeness (QED) is 0.239. The monoisotopic (exact) mass is 717 g/mol. The predicted octanol–water partition coefficient (Wildman–Crippen LogP) is 6.19. The molecule has 5 saturated carbocycles. The van der Waals surface area contributed by atoms with Crippen LogP contribution in [0.4, 0.5) is 22.0 Å². The van der Waals surface area contributed by atoms with Crippen LogP contribution in [0.15, 0.2) is 30.6 Å². The number of benzene rings is 1. The van der Waals surface area contributed by atoms with Gasteiger partial charge >= 0.3 is 12.1 Å². The van der Waals surface area contributed by atoms with E-state index in [1.54, 1.807) is 36.4 Å². The van der Waals surface area contributed by atoms with Crippen LogP contribution in [-0.2, 0) is 15.7 Å². The van der Waals surface area contributed by atoms with E-state index in [2.05, 4.69) is 15.3 Å². The molecule has 6 aliphatic rings. The minimum absolute atomic E-state index is 0.0445. The van der Waals surface area contributed by atoms with Crippen molar-refractivity contribution in [2.45, 2.75) is 87.7 Å². The van der Waals surface area contributed by atoms with Gasteiger partial charge in [0.25, 0.3) is 11.8 Å². The first-order valence-corrected chi connectivity index (χ1v) is 17.6. The van der Waals surface area contributed by atoms with E-state index in [0.717, 1.165) is 12.6 Å². The van der Waals surface area contributed by atoms with Crippen molar-refractivity contribution in [3.63, 3.8) is 0 Å². The normalized spacial score (nSPS) is 31.6.